The first-order valence-corrected chi connectivity index (χ1v) is 8.81. The Morgan fingerprint density at radius 3 is 2.55 bits per heavy atom. The molecule has 0 aliphatic heterocycles. The van der Waals surface area contributed by atoms with E-state index in [1.165, 1.54) is 50.5 Å². The number of benzene rings is 1. The molecule has 1 aliphatic rings. The molecule has 0 heterocycles. The summed E-state index contributed by atoms with van der Waals surface area (Å²) in [4.78, 5) is 4.37. The number of nitrogens with one attached hydrogen (secondary N) is 1. The van der Waals surface area contributed by atoms with E-state index in [-0.39, 0.29) is 17.0 Å². The van der Waals surface area contributed by atoms with Gasteiger partial charge in [0.25, 0.3) is 0 Å². The molecule has 1 fully saturated rings. The van der Waals surface area contributed by atoms with Gasteiger partial charge in [0, 0.05) is 11.0 Å². The van der Waals surface area contributed by atoms with E-state index in [0.717, 1.165) is 16.9 Å². The highest BCUT2D eigenvalue weighted by atomic mass is 79.9. The van der Waals surface area contributed by atoms with Crippen LogP contribution in [0.2, 0.25) is 0 Å². The standard InChI is InChI=1S/C17H26BrN3.BrH/c18-16-10-8-15(9-11-16)13-21-17(19)20-12-4-3-7-14-5-1-2-6-14;/h8-11,14H,1-7,12-13H2,(H3,19,20,21);1H. The number of hydrogen-bond donors (Lipinski definition) is 2. The van der Waals surface area contributed by atoms with Crippen molar-refractivity contribution in [2.24, 2.45) is 16.6 Å². The van der Waals surface area contributed by atoms with Crippen molar-refractivity contribution in [3.05, 3.63) is 34.3 Å². The van der Waals surface area contributed by atoms with E-state index < -0.39 is 0 Å². The zero-order valence-electron chi connectivity index (χ0n) is 13.1. The summed E-state index contributed by atoms with van der Waals surface area (Å²) in [6, 6.07) is 8.17. The second-order valence-corrected chi connectivity index (χ2v) is 6.82. The quantitative estimate of drug-likeness (QED) is 0.369. The first-order chi connectivity index (χ1) is 10.2. The van der Waals surface area contributed by atoms with Crippen LogP contribution in [0.15, 0.2) is 33.7 Å². The molecule has 0 unspecified atom stereocenters. The van der Waals surface area contributed by atoms with Crippen molar-refractivity contribution in [3.8, 4) is 0 Å². The molecule has 3 nitrogen and oxygen atoms in total. The molecule has 0 amide bonds. The molecule has 0 bridgehead atoms. The first kappa shape index (κ1) is 19.5. The molecule has 1 aromatic carbocycles. The molecule has 1 saturated carbocycles. The minimum atomic E-state index is 0. The van der Waals surface area contributed by atoms with E-state index >= 15 is 0 Å². The van der Waals surface area contributed by atoms with Crippen LogP contribution in [0.3, 0.4) is 0 Å². The normalized spacial score (nSPS) is 15.6. The molecule has 124 valence electrons. The molecular formula is C17H27Br2N3. The third-order valence-corrected chi connectivity index (χ3v) is 4.69. The van der Waals surface area contributed by atoms with Gasteiger partial charge < -0.3 is 11.1 Å². The zero-order valence-corrected chi connectivity index (χ0v) is 16.4. The van der Waals surface area contributed by atoms with Crippen molar-refractivity contribution in [1.29, 1.82) is 0 Å². The molecule has 0 spiro atoms. The van der Waals surface area contributed by atoms with E-state index in [4.69, 9.17) is 5.73 Å². The number of rotatable bonds is 7. The van der Waals surface area contributed by atoms with Crippen molar-refractivity contribution in [3.63, 3.8) is 0 Å². The summed E-state index contributed by atoms with van der Waals surface area (Å²) in [5.41, 5.74) is 7.06. The van der Waals surface area contributed by atoms with Crippen molar-refractivity contribution < 1.29 is 0 Å². The van der Waals surface area contributed by atoms with E-state index in [1.807, 2.05) is 12.1 Å². The Morgan fingerprint density at radius 1 is 1.18 bits per heavy atom. The number of guanidine groups is 1. The summed E-state index contributed by atoms with van der Waals surface area (Å²) < 4.78 is 1.09. The topological polar surface area (TPSA) is 50.4 Å². The van der Waals surface area contributed by atoms with Crippen LogP contribution in [0, 0.1) is 5.92 Å². The molecule has 0 aromatic heterocycles. The van der Waals surface area contributed by atoms with Crippen LogP contribution in [0.25, 0.3) is 0 Å². The number of unbranched alkanes of at least 4 members (excludes halogenated alkanes) is 1. The summed E-state index contributed by atoms with van der Waals surface area (Å²) in [7, 11) is 0. The smallest absolute Gasteiger partial charge is 0.188 e. The Morgan fingerprint density at radius 2 is 1.86 bits per heavy atom. The van der Waals surface area contributed by atoms with Gasteiger partial charge in [-0.25, -0.2) is 4.99 Å². The average Bonchev–Trinajstić information content (AvgIpc) is 2.99. The van der Waals surface area contributed by atoms with E-state index in [9.17, 15) is 0 Å². The first-order valence-electron chi connectivity index (χ1n) is 8.02. The van der Waals surface area contributed by atoms with Gasteiger partial charge in [0.05, 0.1) is 6.54 Å². The van der Waals surface area contributed by atoms with Crippen molar-refractivity contribution in [1.82, 2.24) is 5.32 Å². The molecule has 5 heteroatoms. The van der Waals surface area contributed by atoms with Gasteiger partial charge in [0.15, 0.2) is 5.96 Å². The molecule has 3 N–H and O–H groups in total. The fourth-order valence-electron chi connectivity index (χ4n) is 2.90. The summed E-state index contributed by atoms with van der Waals surface area (Å²) in [5.74, 6) is 1.55. The summed E-state index contributed by atoms with van der Waals surface area (Å²) in [5, 5.41) is 3.21. The van der Waals surface area contributed by atoms with Crippen LogP contribution in [0.5, 0.6) is 0 Å². The van der Waals surface area contributed by atoms with Gasteiger partial charge in [-0.3, -0.25) is 0 Å². The monoisotopic (exact) mass is 431 g/mol. The minimum absolute atomic E-state index is 0. The van der Waals surface area contributed by atoms with Crippen LogP contribution in [0.4, 0.5) is 0 Å². The summed E-state index contributed by atoms with van der Waals surface area (Å²) >= 11 is 3.43. The van der Waals surface area contributed by atoms with Crippen LogP contribution >= 0.6 is 32.9 Å². The highest BCUT2D eigenvalue weighted by Gasteiger charge is 2.13. The largest absolute Gasteiger partial charge is 0.370 e. The fourth-order valence-corrected chi connectivity index (χ4v) is 3.16. The number of halogens is 2. The number of aliphatic imine (C=N–C) groups is 1. The molecule has 0 atom stereocenters. The van der Waals surface area contributed by atoms with Crippen LogP contribution in [-0.4, -0.2) is 12.5 Å². The van der Waals surface area contributed by atoms with E-state index in [2.05, 4.69) is 38.4 Å². The maximum Gasteiger partial charge on any atom is 0.188 e. The molecule has 2 rings (SSSR count). The highest BCUT2D eigenvalue weighted by Crippen LogP contribution is 2.28. The highest BCUT2D eigenvalue weighted by molar-refractivity contribution is 9.10. The lowest BCUT2D eigenvalue weighted by molar-refractivity contribution is 0.473. The lowest BCUT2D eigenvalue weighted by atomic mass is 10.0. The molecule has 1 aromatic rings. The molecule has 0 saturated heterocycles. The fraction of sp³-hybridized carbons (Fsp3) is 0.588. The Labute approximate surface area is 153 Å². The van der Waals surface area contributed by atoms with Gasteiger partial charge in [0.1, 0.15) is 0 Å². The van der Waals surface area contributed by atoms with E-state index in [1.54, 1.807) is 0 Å². The molecule has 0 radical (unpaired) electrons. The Bertz CT molecular complexity index is 440. The third kappa shape index (κ3) is 7.63. The van der Waals surface area contributed by atoms with Gasteiger partial charge in [0.2, 0.25) is 0 Å². The van der Waals surface area contributed by atoms with Gasteiger partial charge in [-0.2, -0.15) is 0 Å². The maximum absolute atomic E-state index is 5.89. The third-order valence-electron chi connectivity index (χ3n) is 4.17. The Hall–Kier alpha value is -0.550. The summed E-state index contributed by atoms with van der Waals surface area (Å²) in [6.45, 7) is 1.57. The predicted octanol–water partition coefficient (Wildman–Crippen LogP) is 4.79. The van der Waals surface area contributed by atoms with Gasteiger partial charge in [-0.05, 0) is 30.0 Å². The average molecular weight is 433 g/mol. The van der Waals surface area contributed by atoms with Crippen molar-refractivity contribution in [2.75, 3.05) is 6.54 Å². The van der Waals surface area contributed by atoms with Crippen molar-refractivity contribution >= 4 is 38.9 Å². The Balaban J connectivity index is 0.00000242. The Kier molecular flexibility index (Phi) is 9.80. The molecular weight excluding hydrogens is 406 g/mol. The van der Waals surface area contributed by atoms with E-state index in [0.29, 0.717) is 12.5 Å². The van der Waals surface area contributed by atoms with Gasteiger partial charge >= 0.3 is 0 Å². The number of nitrogens with two attached hydrogens (primary N) is 1. The lowest BCUT2D eigenvalue weighted by Gasteiger charge is -2.09. The predicted molar refractivity (Wildman–Crippen MR) is 104 cm³/mol. The van der Waals surface area contributed by atoms with Crippen LogP contribution in [-0.2, 0) is 6.54 Å². The second kappa shape index (κ2) is 11.1. The number of nitrogens with zero attached hydrogens (tertiary/aromatic N) is 1. The zero-order chi connectivity index (χ0) is 14.9. The van der Waals surface area contributed by atoms with Crippen molar-refractivity contribution in [2.45, 2.75) is 51.5 Å². The van der Waals surface area contributed by atoms with Gasteiger partial charge in [-0.15, -0.1) is 17.0 Å². The molecule has 22 heavy (non-hydrogen) atoms. The molecule has 1 aliphatic carbocycles. The minimum Gasteiger partial charge on any atom is -0.370 e. The van der Waals surface area contributed by atoms with Crippen LogP contribution < -0.4 is 11.1 Å². The second-order valence-electron chi connectivity index (χ2n) is 5.90. The lowest BCUT2D eigenvalue weighted by Crippen LogP contribution is -2.32. The van der Waals surface area contributed by atoms with Gasteiger partial charge in [-0.1, -0.05) is 66.6 Å². The number of hydrogen-bond acceptors (Lipinski definition) is 1. The summed E-state index contributed by atoms with van der Waals surface area (Å²) in [6.07, 6.45) is 9.66. The SMILES string of the molecule is Br.NC(=NCc1ccc(Br)cc1)NCCCCC1CCCC1. The van der Waals surface area contributed by atoms with Crippen LogP contribution in [0.1, 0.15) is 50.5 Å². The maximum atomic E-state index is 5.89.